The highest BCUT2D eigenvalue weighted by molar-refractivity contribution is 5.77. The number of hydrogen-bond donors (Lipinski definition) is 4. The average molecular weight is 484 g/mol. The molecule has 4 aromatic rings. The largest absolute Gasteiger partial charge is 0.341 e. The smallest absolute Gasteiger partial charge is 0.120 e. The maximum Gasteiger partial charge on any atom is 0.120 e. The van der Waals surface area contributed by atoms with E-state index in [0.717, 1.165) is 75.1 Å². The number of nitrogens with zero attached hydrogens (tertiary/aromatic N) is 3. The summed E-state index contributed by atoms with van der Waals surface area (Å²) in [6.07, 6.45) is 6.13. The van der Waals surface area contributed by atoms with E-state index in [-0.39, 0.29) is 0 Å². The fourth-order valence-corrected chi connectivity index (χ4v) is 4.91. The zero-order valence-corrected chi connectivity index (χ0v) is 21.6. The topological polar surface area (TPSA) is 84.7 Å². The van der Waals surface area contributed by atoms with Gasteiger partial charge in [-0.25, -0.2) is 9.97 Å². The van der Waals surface area contributed by atoms with Gasteiger partial charge in [0.2, 0.25) is 0 Å². The number of fused-ring (bicyclic) bond motifs is 3. The van der Waals surface area contributed by atoms with Crippen molar-refractivity contribution < 1.29 is 0 Å². The van der Waals surface area contributed by atoms with Crippen molar-refractivity contribution in [3.63, 3.8) is 0 Å². The monoisotopic (exact) mass is 483 g/mol. The van der Waals surface area contributed by atoms with Gasteiger partial charge in [0.1, 0.15) is 11.6 Å². The van der Waals surface area contributed by atoms with Crippen LogP contribution in [0.3, 0.4) is 0 Å². The molecule has 2 aromatic carbocycles. The van der Waals surface area contributed by atoms with E-state index in [0.29, 0.717) is 0 Å². The number of imidazole rings is 2. The minimum Gasteiger partial charge on any atom is -0.341 e. The molecule has 3 heterocycles. The second-order valence-electron chi connectivity index (χ2n) is 9.76. The van der Waals surface area contributed by atoms with E-state index in [1.807, 2.05) is 12.4 Å². The van der Waals surface area contributed by atoms with Crippen LogP contribution in [-0.4, -0.2) is 45.0 Å². The van der Waals surface area contributed by atoms with Gasteiger partial charge in [-0.15, -0.1) is 0 Å². The molecule has 2 aromatic heterocycles. The minimum absolute atomic E-state index is 0.768. The molecule has 0 amide bonds. The number of rotatable bonds is 10. The van der Waals surface area contributed by atoms with Gasteiger partial charge in [-0.3, -0.25) is 4.90 Å². The first-order valence-electron chi connectivity index (χ1n) is 13.1. The lowest BCUT2D eigenvalue weighted by molar-refractivity contribution is 0.323. The summed E-state index contributed by atoms with van der Waals surface area (Å²) in [5, 5.41) is 6.82. The molecule has 0 saturated carbocycles. The Kier molecular flexibility index (Phi) is 7.60. The highest BCUT2D eigenvalue weighted by atomic mass is 15.1. The summed E-state index contributed by atoms with van der Waals surface area (Å²) in [4.78, 5) is 18.5. The van der Waals surface area contributed by atoms with Crippen molar-refractivity contribution in [3.05, 3.63) is 71.6 Å². The van der Waals surface area contributed by atoms with Crippen molar-refractivity contribution in [2.45, 2.75) is 52.9 Å². The first-order chi connectivity index (χ1) is 17.6. The van der Waals surface area contributed by atoms with Crippen molar-refractivity contribution in [2.24, 2.45) is 0 Å². The molecule has 0 saturated heterocycles. The molecule has 4 N–H and O–H groups in total. The Balaban J connectivity index is 1.40. The lowest BCUT2D eigenvalue weighted by atomic mass is 9.93. The highest BCUT2D eigenvalue weighted by Gasteiger charge is 2.19. The fourth-order valence-electron chi connectivity index (χ4n) is 4.91. The van der Waals surface area contributed by atoms with Crippen molar-refractivity contribution in [2.75, 3.05) is 20.1 Å². The van der Waals surface area contributed by atoms with Crippen LogP contribution in [0.1, 0.15) is 49.5 Å². The number of aromatic nitrogens is 4. The quantitative estimate of drug-likeness (QED) is 0.237. The van der Waals surface area contributed by atoms with Crippen LogP contribution in [0.4, 0.5) is 0 Å². The van der Waals surface area contributed by atoms with Crippen LogP contribution < -0.4 is 10.6 Å². The van der Waals surface area contributed by atoms with Crippen molar-refractivity contribution in [1.82, 2.24) is 35.5 Å². The number of aromatic amines is 2. The van der Waals surface area contributed by atoms with Gasteiger partial charge in [-0.2, -0.15) is 0 Å². The van der Waals surface area contributed by atoms with Crippen molar-refractivity contribution in [3.8, 4) is 33.6 Å². The van der Waals surface area contributed by atoms with Gasteiger partial charge < -0.3 is 20.6 Å². The third kappa shape index (κ3) is 5.43. The second-order valence-corrected chi connectivity index (χ2v) is 9.76. The fraction of sp³-hybridized carbons (Fsp3) is 0.379. The van der Waals surface area contributed by atoms with Gasteiger partial charge >= 0.3 is 0 Å². The first-order valence-corrected chi connectivity index (χ1v) is 13.1. The Morgan fingerprint density at radius 1 is 0.750 bits per heavy atom. The molecule has 0 aliphatic carbocycles. The molecule has 0 bridgehead atoms. The summed E-state index contributed by atoms with van der Waals surface area (Å²) in [5.74, 6) is 1.96. The summed E-state index contributed by atoms with van der Waals surface area (Å²) in [5.41, 5.74) is 9.79. The molecule has 0 radical (unpaired) electrons. The molecule has 0 unspecified atom stereocenters. The average Bonchev–Trinajstić information content (AvgIpc) is 3.52. The molecule has 36 heavy (non-hydrogen) atoms. The van der Waals surface area contributed by atoms with Crippen LogP contribution in [-0.2, 0) is 26.2 Å². The summed E-state index contributed by atoms with van der Waals surface area (Å²) >= 11 is 0. The standard InChI is InChI=1S/C29H37N7/c1-4-10-30-16-28-32-14-26(34-28)20-6-8-24-22(12-20)18-36(3)19-23-13-21(7-9-25(23)24)27-15-33-29(35-27)17-31-11-5-2/h6-9,12-15,30-31H,4-5,10-11,16-19H2,1-3H3,(H,32,34)(H,33,35). The highest BCUT2D eigenvalue weighted by Crippen LogP contribution is 2.36. The predicted octanol–water partition coefficient (Wildman–Crippen LogP) is 5.08. The van der Waals surface area contributed by atoms with Gasteiger partial charge in [0.25, 0.3) is 0 Å². The lowest BCUT2D eigenvalue weighted by Gasteiger charge is -2.15. The molecular formula is C29H37N7. The van der Waals surface area contributed by atoms with Gasteiger partial charge in [-0.05, 0) is 78.5 Å². The van der Waals surface area contributed by atoms with Gasteiger partial charge in [0.05, 0.1) is 36.9 Å². The SMILES string of the molecule is CCCNCc1ncc(-c2ccc3c(c2)CN(C)Cc2cc(-c4cnc(CNCCC)[nH]4)ccc2-3)[nH]1. The third-order valence-corrected chi connectivity index (χ3v) is 6.70. The zero-order valence-electron chi connectivity index (χ0n) is 21.6. The molecule has 0 atom stereocenters. The normalized spacial score (nSPS) is 13.4. The number of nitrogens with one attached hydrogen (secondary N) is 4. The van der Waals surface area contributed by atoms with Crippen molar-refractivity contribution in [1.29, 1.82) is 0 Å². The molecule has 1 aliphatic heterocycles. The van der Waals surface area contributed by atoms with Crippen LogP contribution in [0.25, 0.3) is 33.6 Å². The molecule has 0 fully saturated rings. The summed E-state index contributed by atoms with van der Waals surface area (Å²) in [6, 6.07) is 13.6. The van der Waals surface area contributed by atoms with Crippen molar-refractivity contribution >= 4 is 0 Å². The molecular weight excluding hydrogens is 446 g/mol. The van der Waals surface area contributed by atoms with Crippen LogP contribution in [0.5, 0.6) is 0 Å². The van der Waals surface area contributed by atoms with Gasteiger partial charge in [0.15, 0.2) is 0 Å². The Bertz CT molecular complexity index is 1200. The van der Waals surface area contributed by atoms with Crippen LogP contribution in [0.15, 0.2) is 48.8 Å². The van der Waals surface area contributed by atoms with E-state index in [1.54, 1.807) is 0 Å². The molecule has 0 spiro atoms. The van der Waals surface area contributed by atoms with E-state index in [1.165, 1.54) is 33.4 Å². The summed E-state index contributed by atoms with van der Waals surface area (Å²) < 4.78 is 0. The van der Waals surface area contributed by atoms with Crippen LogP contribution >= 0.6 is 0 Å². The molecule has 1 aliphatic rings. The predicted molar refractivity (Wildman–Crippen MR) is 146 cm³/mol. The Hall–Kier alpha value is -3.26. The van der Waals surface area contributed by atoms with Crippen LogP contribution in [0.2, 0.25) is 0 Å². The third-order valence-electron chi connectivity index (χ3n) is 6.70. The zero-order chi connectivity index (χ0) is 24.9. The summed E-state index contributed by atoms with van der Waals surface area (Å²) in [6.45, 7) is 9.70. The Morgan fingerprint density at radius 3 is 1.67 bits per heavy atom. The number of H-pyrrole nitrogens is 2. The van der Waals surface area contributed by atoms with Gasteiger partial charge in [-0.1, -0.05) is 38.1 Å². The maximum atomic E-state index is 4.57. The van der Waals surface area contributed by atoms with E-state index >= 15 is 0 Å². The number of hydrogen-bond acceptors (Lipinski definition) is 5. The van der Waals surface area contributed by atoms with Crippen LogP contribution in [0, 0.1) is 0 Å². The number of benzene rings is 2. The van der Waals surface area contributed by atoms with E-state index < -0.39 is 0 Å². The lowest BCUT2D eigenvalue weighted by Crippen LogP contribution is -2.15. The molecule has 5 rings (SSSR count). The van der Waals surface area contributed by atoms with E-state index in [9.17, 15) is 0 Å². The molecule has 7 heteroatoms. The Morgan fingerprint density at radius 2 is 1.22 bits per heavy atom. The van der Waals surface area contributed by atoms with E-state index in [4.69, 9.17) is 0 Å². The second kappa shape index (κ2) is 11.2. The maximum absolute atomic E-state index is 4.57. The molecule has 7 nitrogen and oxygen atoms in total. The van der Waals surface area contributed by atoms with Gasteiger partial charge in [0, 0.05) is 13.1 Å². The Labute approximate surface area is 213 Å². The first kappa shape index (κ1) is 24.4. The minimum atomic E-state index is 0.768. The van der Waals surface area contributed by atoms with E-state index in [2.05, 4.69) is 92.8 Å². The molecule has 188 valence electrons. The summed E-state index contributed by atoms with van der Waals surface area (Å²) in [7, 11) is 2.19.